The van der Waals surface area contributed by atoms with Gasteiger partial charge < -0.3 is 11.1 Å². The normalized spacial score (nSPS) is 10.7. The Morgan fingerprint density at radius 2 is 2.00 bits per heavy atom. The number of fused-ring (bicyclic) bond motifs is 1. The molecule has 1 amide bonds. The Morgan fingerprint density at radius 3 is 2.80 bits per heavy atom. The van der Waals surface area contributed by atoms with E-state index >= 15 is 0 Å². The number of nitrogen functional groups attached to an aromatic ring is 1. The van der Waals surface area contributed by atoms with Crippen molar-refractivity contribution in [2.75, 3.05) is 11.1 Å². The van der Waals surface area contributed by atoms with Crippen molar-refractivity contribution in [1.29, 1.82) is 0 Å². The van der Waals surface area contributed by atoms with Crippen LogP contribution in [0.15, 0.2) is 47.8 Å². The Morgan fingerprint density at radius 1 is 1.15 bits per heavy atom. The molecule has 100 valence electrons. The molecule has 0 aliphatic heterocycles. The lowest BCUT2D eigenvalue weighted by Gasteiger charge is -2.06. The molecule has 3 rings (SSSR count). The summed E-state index contributed by atoms with van der Waals surface area (Å²) in [6.45, 7) is 0. The first kappa shape index (κ1) is 13.0. The second-order valence-electron chi connectivity index (χ2n) is 4.36. The fourth-order valence-corrected chi connectivity index (χ4v) is 2.87. The molecule has 2 aromatic carbocycles. The maximum atomic E-state index is 12.1. The minimum atomic E-state index is -0.207. The second kappa shape index (κ2) is 5.15. The SMILES string of the molecule is Nc1ccc(C(=O)Nc2ccc3sccc3c2)cc1Cl. The maximum absolute atomic E-state index is 12.1. The summed E-state index contributed by atoms with van der Waals surface area (Å²) in [5.41, 5.74) is 7.33. The summed E-state index contributed by atoms with van der Waals surface area (Å²) in [5, 5.41) is 6.37. The summed E-state index contributed by atoms with van der Waals surface area (Å²) in [4.78, 5) is 12.1. The molecule has 1 aromatic heterocycles. The Hall–Kier alpha value is -2.04. The van der Waals surface area contributed by atoms with Crippen molar-refractivity contribution in [2.45, 2.75) is 0 Å². The predicted octanol–water partition coefficient (Wildman–Crippen LogP) is 4.39. The number of amides is 1. The van der Waals surface area contributed by atoms with E-state index in [1.54, 1.807) is 29.5 Å². The van der Waals surface area contributed by atoms with Gasteiger partial charge in [-0.2, -0.15) is 0 Å². The minimum absolute atomic E-state index is 0.207. The van der Waals surface area contributed by atoms with Gasteiger partial charge in [-0.1, -0.05) is 11.6 Å². The van der Waals surface area contributed by atoms with Crippen LogP contribution in [0, 0.1) is 0 Å². The van der Waals surface area contributed by atoms with Crippen molar-refractivity contribution in [3.8, 4) is 0 Å². The average Bonchev–Trinajstić information content (AvgIpc) is 2.89. The van der Waals surface area contributed by atoms with E-state index in [0.717, 1.165) is 11.1 Å². The number of rotatable bonds is 2. The van der Waals surface area contributed by atoms with Gasteiger partial charge >= 0.3 is 0 Å². The van der Waals surface area contributed by atoms with E-state index in [4.69, 9.17) is 17.3 Å². The van der Waals surface area contributed by atoms with Gasteiger partial charge in [0.05, 0.1) is 10.7 Å². The molecule has 5 heteroatoms. The number of halogens is 1. The maximum Gasteiger partial charge on any atom is 0.255 e. The van der Waals surface area contributed by atoms with E-state index in [0.29, 0.717) is 16.3 Å². The molecule has 0 atom stereocenters. The van der Waals surface area contributed by atoms with Gasteiger partial charge in [-0.25, -0.2) is 0 Å². The van der Waals surface area contributed by atoms with Crippen LogP contribution in [0.3, 0.4) is 0 Å². The van der Waals surface area contributed by atoms with Gasteiger partial charge in [0, 0.05) is 16.0 Å². The zero-order valence-corrected chi connectivity index (χ0v) is 12.0. The summed E-state index contributed by atoms with van der Waals surface area (Å²) < 4.78 is 1.19. The lowest BCUT2D eigenvalue weighted by molar-refractivity contribution is 0.102. The van der Waals surface area contributed by atoms with Crippen LogP contribution in [0.5, 0.6) is 0 Å². The van der Waals surface area contributed by atoms with E-state index in [-0.39, 0.29) is 5.91 Å². The van der Waals surface area contributed by atoms with Crippen LogP contribution in [0.25, 0.3) is 10.1 Å². The number of nitrogens with two attached hydrogens (primary N) is 1. The van der Waals surface area contributed by atoms with E-state index in [1.165, 1.54) is 4.70 Å². The molecule has 3 nitrogen and oxygen atoms in total. The van der Waals surface area contributed by atoms with Crippen LogP contribution in [0.1, 0.15) is 10.4 Å². The standard InChI is InChI=1S/C15H11ClN2OS/c16-12-8-10(1-3-13(12)17)15(19)18-11-2-4-14-9(7-11)5-6-20-14/h1-8H,17H2,(H,18,19). The third-order valence-corrected chi connectivity index (χ3v) is 4.20. The third kappa shape index (κ3) is 2.48. The molecule has 20 heavy (non-hydrogen) atoms. The predicted molar refractivity (Wildman–Crippen MR) is 85.6 cm³/mol. The minimum Gasteiger partial charge on any atom is -0.398 e. The molecule has 0 aliphatic carbocycles. The molecule has 3 aromatic rings. The van der Waals surface area contributed by atoms with Crippen LogP contribution >= 0.6 is 22.9 Å². The van der Waals surface area contributed by atoms with Crippen LogP contribution < -0.4 is 11.1 Å². The van der Waals surface area contributed by atoms with Gasteiger partial charge in [0.25, 0.3) is 5.91 Å². The molecular weight excluding hydrogens is 292 g/mol. The van der Waals surface area contributed by atoms with Crippen molar-refractivity contribution in [2.24, 2.45) is 0 Å². The van der Waals surface area contributed by atoms with Crippen LogP contribution in [-0.2, 0) is 0 Å². The first-order valence-corrected chi connectivity index (χ1v) is 7.23. The quantitative estimate of drug-likeness (QED) is 0.690. The van der Waals surface area contributed by atoms with E-state index in [9.17, 15) is 4.79 Å². The fourth-order valence-electron chi connectivity index (χ4n) is 1.92. The zero-order valence-electron chi connectivity index (χ0n) is 10.4. The van der Waals surface area contributed by atoms with Gasteiger partial charge in [0.2, 0.25) is 0 Å². The lowest BCUT2D eigenvalue weighted by atomic mass is 10.2. The molecular formula is C15H11ClN2OS. The molecule has 0 unspecified atom stereocenters. The van der Waals surface area contributed by atoms with E-state index in [1.807, 2.05) is 29.6 Å². The number of carbonyl (C=O) groups excluding carboxylic acids is 1. The van der Waals surface area contributed by atoms with Crippen molar-refractivity contribution in [1.82, 2.24) is 0 Å². The van der Waals surface area contributed by atoms with Crippen molar-refractivity contribution in [3.63, 3.8) is 0 Å². The summed E-state index contributed by atoms with van der Waals surface area (Å²) in [6, 6.07) is 12.7. The van der Waals surface area contributed by atoms with Crippen LogP contribution in [-0.4, -0.2) is 5.91 Å². The summed E-state index contributed by atoms with van der Waals surface area (Å²) in [5.74, 6) is -0.207. The monoisotopic (exact) mass is 302 g/mol. The number of hydrogen-bond donors (Lipinski definition) is 2. The first-order valence-electron chi connectivity index (χ1n) is 5.97. The highest BCUT2D eigenvalue weighted by Gasteiger charge is 2.08. The molecule has 1 heterocycles. The molecule has 0 fully saturated rings. The summed E-state index contributed by atoms with van der Waals surface area (Å²) >= 11 is 7.59. The zero-order chi connectivity index (χ0) is 14.1. The first-order chi connectivity index (χ1) is 9.63. The summed E-state index contributed by atoms with van der Waals surface area (Å²) in [7, 11) is 0. The van der Waals surface area contributed by atoms with Crippen molar-refractivity contribution < 1.29 is 4.79 Å². The molecule has 0 bridgehead atoms. The number of carbonyl (C=O) groups is 1. The van der Waals surface area contributed by atoms with Crippen LogP contribution in [0.2, 0.25) is 5.02 Å². The highest BCUT2D eigenvalue weighted by atomic mass is 35.5. The molecule has 0 spiro atoms. The molecule has 3 N–H and O–H groups in total. The number of hydrogen-bond acceptors (Lipinski definition) is 3. The van der Waals surface area contributed by atoms with E-state index < -0.39 is 0 Å². The van der Waals surface area contributed by atoms with E-state index in [2.05, 4.69) is 5.32 Å². The smallest absolute Gasteiger partial charge is 0.255 e. The average molecular weight is 303 g/mol. The van der Waals surface area contributed by atoms with Crippen molar-refractivity contribution in [3.05, 3.63) is 58.4 Å². The van der Waals surface area contributed by atoms with Gasteiger partial charge in [-0.3, -0.25) is 4.79 Å². The Kier molecular flexibility index (Phi) is 3.34. The molecule has 0 saturated heterocycles. The van der Waals surface area contributed by atoms with Crippen LogP contribution in [0.4, 0.5) is 11.4 Å². The number of thiophene rings is 1. The Bertz CT molecular complexity index is 797. The number of anilines is 2. The van der Waals surface area contributed by atoms with Gasteiger partial charge in [0.15, 0.2) is 0 Å². The fraction of sp³-hybridized carbons (Fsp3) is 0. The topological polar surface area (TPSA) is 55.1 Å². The summed E-state index contributed by atoms with van der Waals surface area (Å²) in [6.07, 6.45) is 0. The number of nitrogens with one attached hydrogen (secondary N) is 1. The Balaban J connectivity index is 1.85. The third-order valence-electron chi connectivity index (χ3n) is 2.97. The Labute approximate surface area is 125 Å². The highest BCUT2D eigenvalue weighted by Crippen LogP contribution is 2.25. The molecule has 0 saturated carbocycles. The van der Waals surface area contributed by atoms with Gasteiger partial charge in [-0.05, 0) is 53.2 Å². The number of benzene rings is 2. The highest BCUT2D eigenvalue weighted by molar-refractivity contribution is 7.17. The molecule has 0 aliphatic rings. The largest absolute Gasteiger partial charge is 0.398 e. The van der Waals surface area contributed by atoms with Crippen molar-refractivity contribution >= 4 is 50.3 Å². The molecule has 0 radical (unpaired) electrons. The lowest BCUT2D eigenvalue weighted by Crippen LogP contribution is -2.11. The van der Waals surface area contributed by atoms with Gasteiger partial charge in [0.1, 0.15) is 0 Å². The van der Waals surface area contributed by atoms with Gasteiger partial charge in [-0.15, -0.1) is 11.3 Å². The second-order valence-corrected chi connectivity index (χ2v) is 5.72.